The van der Waals surface area contributed by atoms with Gasteiger partial charge in [-0.2, -0.15) is 0 Å². The predicted octanol–water partition coefficient (Wildman–Crippen LogP) is 9.84. The third-order valence-electron chi connectivity index (χ3n) is 8.55. The lowest BCUT2D eigenvalue weighted by atomic mass is 9.95. The van der Waals surface area contributed by atoms with E-state index in [-0.39, 0.29) is 6.23 Å². The van der Waals surface area contributed by atoms with Crippen LogP contribution in [0.3, 0.4) is 0 Å². The molecule has 0 saturated carbocycles. The van der Waals surface area contributed by atoms with Crippen LogP contribution in [0.5, 0.6) is 5.75 Å². The Hall–Kier alpha value is -6.07. The maximum atomic E-state index is 6.68. The molecule has 0 amide bonds. The normalized spacial score (nSPS) is 13.9. The summed E-state index contributed by atoms with van der Waals surface area (Å²) in [7, 11) is 0. The van der Waals surface area contributed by atoms with Gasteiger partial charge in [0.1, 0.15) is 0 Å². The molecule has 0 aliphatic carbocycles. The van der Waals surface area contributed by atoms with Crippen LogP contribution in [0.4, 0.5) is 5.69 Å². The molecule has 0 fully saturated rings. The molecule has 9 rings (SSSR count). The number of nitrogens with one attached hydrogen (secondary N) is 1. The second kappa shape index (κ2) is 10.3. The summed E-state index contributed by atoms with van der Waals surface area (Å²) in [4.78, 5) is 15.3. The van der Waals surface area contributed by atoms with Crippen molar-refractivity contribution in [3.8, 4) is 39.9 Å². The first-order valence-corrected chi connectivity index (χ1v) is 15.1. The number of fused-ring (bicyclic) bond motifs is 7. The quantitative estimate of drug-likeness (QED) is 0.211. The van der Waals surface area contributed by atoms with E-state index in [1.807, 2.05) is 48.5 Å². The van der Waals surface area contributed by atoms with E-state index in [4.69, 9.17) is 19.7 Å². The third-order valence-corrected chi connectivity index (χ3v) is 8.55. The Labute approximate surface area is 259 Å². The predicted molar refractivity (Wildman–Crippen MR) is 182 cm³/mol. The van der Waals surface area contributed by atoms with E-state index >= 15 is 0 Å². The van der Waals surface area contributed by atoms with Gasteiger partial charge in [0.2, 0.25) is 0 Å². The summed E-state index contributed by atoms with van der Waals surface area (Å²) in [5.41, 5.74) is 4.91. The number of benzene rings is 7. The van der Waals surface area contributed by atoms with Crippen LogP contribution in [0, 0.1) is 0 Å². The molecule has 5 nitrogen and oxygen atoms in total. The maximum Gasteiger partial charge on any atom is 0.196 e. The maximum absolute atomic E-state index is 6.68. The van der Waals surface area contributed by atoms with Crippen LogP contribution in [0.2, 0.25) is 0 Å². The molecule has 0 spiro atoms. The molecule has 2 heterocycles. The summed E-state index contributed by atoms with van der Waals surface area (Å²) in [5.74, 6) is 2.73. The van der Waals surface area contributed by atoms with Crippen molar-refractivity contribution in [3.05, 3.63) is 151 Å². The van der Waals surface area contributed by atoms with E-state index in [0.717, 1.165) is 66.0 Å². The lowest BCUT2D eigenvalue weighted by Crippen LogP contribution is -2.09. The molecule has 1 aliphatic rings. The van der Waals surface area contributed by atoms with Crippen LogP contribution >= 0.6 is 0 Å². The molecule has 5 heteroatoms. The Morgan fingerprint density at radius 2 is 1.04 bits per heavy atom. The van der Waals surface area contributed by atoms with E-state index in [0.29, 0.717) is 17.5 Å². The van der Waals surface area contributed by atoms with Crippen molar-refractivity contribution in [2.75, 3.05) is 5.32 Å². The minimum atomic E-state index is -0.279. The minimum Gasteiger partial charge on any atom is -0.464 e. The van der Waals surface area contributed by atoms with Crippen molar-refractivity contribution < 1.29 is 4.74 Å². The van der Waals surface area contributed by atoms with E-state index in [9.17, 15) is 0 Å². The van der Waals surface area contributed by atoms with Gasteiger partial charge in [0.25, 0.3) is 0 Å². The van der Waals surface area contributed by atoms with Crippen LogP contribution in [-0.4, -0.2) is 15.0 Å². The Kier molecular flexibility index (Phi) is 5.81. The Bertz CT molecular complexity index is 2380. The molecular weight excluding hydrogens is 552 g/mol. The molecule has 1 unspecified atom stereocenters. The molecule has 212 valence electrons. The molecule has 1 aromatic heterocycles. The van der Waals surface area contributed by atoms with Crippen LogP contribution in [0.15, 0.2) is 146 Å². The zero-order valence-corrected chi connectivity index (χ0v) is 24.2. The summed E-state index contributed by atoms with van der Waals surface area (Å²) < 4.78 is 6.68. The molecule has 1 aliphatic heterocycles. The molecular formula is C40H26N4O. The second-order valence-electron chi connectivity index (χ2n) is 11.2. The Morgan fingerprint density at radius 3 is 1.87 bits per heavy atom. The number of nitrogens with zero attached hydrogens (tertiary/aromatic N) is 3. The summed E-state index contributed by atoms with van der Waals surface area (Å²) in [6.07, 6.45) is -0.279. The summed E-state index contributed by atoms with van der Waals surface area (Å²) >= 11 is 0. The fourth-order valence-corrected chi connectivity index (χ4v) is 6.47. The lowest BCUT2D eigenvalue weighted by molar-refractivity contribution is 0.262. The summed E-state index contributed by atoms with van der Waals surface area (Å²) in [5, 5.41) is 10.2. The molecule has 0 bridgehead atoms. The standard InChI is InChI=1S/C40H26N4O/c1-3-14-26(15-4-1)37-42-38(31-22-11-18-25-13-7-8-19-28(25)31)44-39(43-37)33-24-12-23-32-34(33)29-20-9-10-21-30(29)35-36(32)45-40(41-35)27-16-5-2-6-17-27/h1-24,40-41H. The number of hydrogen-bond acceptors (Lipinski definition) is 5. The molecule has 1 atom stereocenters. The van der Waals surface area contributed by atoms with Crippen molar-refractivity contribution in [1.82, 2.24) is 15.0 Å². The smallest absolute Gasteiger partial charge is 0.196 e. The summed E-state index contributed by atoms with van der Waals surface area (Å²) in [6, 6.07) is 49.8. The Morgan fingerprint density at radius 1 is 0.467 bits per heavy atom. The third kappa shape index (κ3) is 4.20. The van der Waals surface area contributed by atoms with E-state index in [1.165, 1.54) is 0 Å². The average Bonchev–Trinajstić information content (AvgIpc) is 3.58. The van der Waals surface area contributed by atoms with Crippen molar-refractivity contribution in [2.24, 2.45) is 0 Å². The first-order valence-electron chi connectivity index (χ1n) is 15.1. The summed E-state index contributed by atoms with van der Waals surface area (Å²) in [6.45, 7) is 0. The van der Waals surface area contributed by atoms with Crippen molar-refractivity contribution >= 4 is 38.0 Å². The number of rotatable bonds is 4. The zero-order chi connectivity index (χ0) is 29.7. The fraction of sp³-hybridized carbons (Fsp3) is 0.0250. The monoisotopic (exact) mass is 578 g/mol. The Balaban J connectivity index is 1.31. The average molecular weight is 579 g/mol. The van der Waals surface area contributed by atoms with Gasteiger partial charge in [-0.05, 0) is 16.2 Å². The highest BCUT2D eigenvalue weighted by molar-refractivity contribution is 6.21. The SMILES string of the molecule is c1ccc(-c2nc(-c3cccc4ccccc34)nc(-c3cccc4c5c(c6ccccc6c34)NC(c3ccccc3)O5)n2)cc1. The fourth-order valence-electron chi connectivity index (χ4n) is 6.47. The second-order valence-corrected chi connectivity index (χ2v) is 11.2. The number of ether oxygens (including phenoxy) is 1. The van der Waals surface area contributed by atoms with Gasteiger partial charge in [-0.25, -0.2) is 15.0 Å². The molecule has 0 radical (unpaired) electrons. The van der Waals surface area contributed by atoms with Crippen molar-refractivity contribution in [2.45, 2.75) is 6.23 Å². The number of hydrogen-bond donors (Lipinski definition) is 1. The van der Waals surface area contributed by atoms with Crippen LogP contribution in [0.25, 0.3) is 66.5 Å². The van der Waals surface area contributed by atoms with Crippen LogP contribution < -0.4 is 10.1 Å². The molecule has 0 saturated heterocycles. The number of anilines is 1. The molecule has 45 heavy (non-hydrogen) atoms. The highest BCUT2D eigenvalue weighted by Gasteiger charge is 2.29. The molecule has 7 aromatic carbocycles. The molecule has 1 N–H and O–H groups in total. The van der Waals surface area contributed by atoms with E-state index < -0.39 is 0 Å². The molecule has 8 aromatic rings. The topological polar surface area (TPSA) is 59.9 Å². The van der Waals surface area contributed by atoms with Gasteiger partial charge in [0.05, 0.1) is 5.69 Å². The first kappa shape index (κ1) is 25.4. The van der Waals surface area contributed by atoms with Crippen LogP contribution in [0.1, 0.15) is 11.8 Å². The highest BCUT2D eigenvalue weighted by Crippen LogP contribution is 2.50. The zero-order valence-electron chi connectivity index (χ0n) is 24.2. The van der Waals surface area contributed by atoms with Crippen LogP contribution in [-0.2, 0) is 0 Å². The lowest BCUT2D eigenvalue weighted by Gasteiger charge is -2.15. The van der Waals surface area contributed by atoms with Gasteiger partial charge >= 0.3 is 0 Å². The van der Waals surface area contributed by atoms with E-state index in [1.54, 1.807) is 0 Å². The largest absolute Gasteiger partial charge is 0.464 e. The minimum absolute atomic E-state index is 0.279. The van der Waals surface area contributed by atoms with Gasteiger partial charge in [0.15, 0.2) is 29.5 Å². The van der Waals surface area contributed by atoms with Gasteiger partial charge in [-0.15, -0.1) is 0 Å². The van der Waals surface area contributed by atoms with Crippen molar-refractivity contribution in [3.63, 3.8) is 0 Å². The van der Waals surface area contributed by atoms with Gasteiger partial charge in [0, 0.05) is 38.4 Å². The van der Waals surface area contributed by atoms with Gasteiger partial charge < -0.3 is 10.1 Å². The highest BCUT2D eigenvalue weighted by atomic mass is 16.5. The first-order chi connectivity index (χ1) is 22.3. The van der Waals surface area contributed by atoms with Crippen molar-refractivity contribution in [1.29, 1.82) is 0 Å². The van der Waals surface area contributed by atoms with E-state index in [2.05, 4.69) is 102 Å². The van der Waals surface area contributed by atoms with Gasteiger partial charge in [-0.3, -0.25) is 0 Å². The number of aromatic nitrogens is 3. The van der Waals surface area contributed by atoms with Gasteiger partial charge in [-0.1, -0.05) is 146 Å².